The molecule has 0 spiro atoms. The highest BCUT2D eigenvalue weighted by molar-refractivity contribution is 5.40. The van der Waals surface area contributed by atoms with Crippen LogP contribution in [0.1, 0.15) is 31.4 Å². The number of piperidine rings is 1. The molecule has 1 aromatic rings. The molecular weight excluding hydrogens is 244 g/mol. The van der Waals surface area contributed by atoms with E-state index in [2.05, 4.69) is 9.88 Å². The molecule has 0 radical (unpaired) electrons. The van der Waals surface area contributed by atoms with Crippen molar-refractivity contribution in [2.45, 2.75) is 32.0 Å². The van der Waals surface area contributed by atoms with Crippen molar-refractivity contribution in [2.24, 2.45) is 0 Å². The Kier molecular flexibility index (Phi) is 5.13. The Balaban J connectivity index is 1.87. The molecule has 106 valence electrons. The number of anilines is 1. The first-order chi connectivity index (χ1) is 9.20. The monoisotopic (exact) mass is 266 g/mol. The van der Waals surface area contributed by atoms with Gasteiger partial charge in [0.1, 0.15) is 5.82 Å². The number of hydrogen-bond acceptors (Lipinski definition) is 5. The average Bonchev–Trinajstić information content (AvgIpc) is 2.46. The second-order valence-electron chi connectivity index (χ2n) is 4.91. The lowest BCUT2D eigenvalue weighted by Crippen LogP contribution is -2.37. The van der Waals surface area contributed by atoms with E-state index in [1.54, 1.807) is 13.1 Å². The molecule has 5 heteroatoms. The maximum Gasteiger partial charge on any atom is 0.128 e. The van der Waals surface area contributed by atoms with E-state index in [0.29, 0.717) is 6.61 Å². The quantitative estimate of drug-likeness (QED) is 0.836. The van der Waals surface area contributed by atoms with Crippen LogP contribution in [0.4, 0.5) is 5.82 Å². The SMILES string of the molecule is C[C@@H](O)c1ccc(N2CCC(OCCO)CC2)nc1. The zero-order valence-corrected chi connectivity index (χ0v) is 11.3. The van der Waals surface area contributed by atoms with E-state index >= 15 is 0 Å². The maximum absolute atomic E-state index is 9.45. The van der Waals surface area contributed by atoms with E-state index in [-0.39, 0.29) is 12.7 Å². The van der Waals surface area contributed by atoms with Crippen LogP contribution in [0, 0.1) is 0 Å². The van der Waals surface area contributed by atoms with Crippen LogP contribution in [0.25, 0.3) is 0 Å². The van der Waals surface area contributed by atoms with Crippen molar-refractivity contribution < 1.29 is 14.9 Å². The van der Waals surface area contributed by atoms with Gasteiger partial charge in [0.15, 0.2) is 0 Å². The van der Waals surface area contributed by atoms with Crippen molar-refractivity contribution in [3.8, 4) is 0 Å². The molecular formula is C14H22N2O3. The molecule has 0 aliphatic carbocycles. The molecule has 1 aromatic heterocycles. The molecule has 2 heterocycles. The lowest BCUT2D eigenvalue weighted by Gasteiger charge is -2.32. The molecule has 1 aliphatic heterocycles. The number of aliphatic hydroxyl groups excluding tert-OH is 2. The van der Waals surface area contributed by atoms with Crippen LogP contribution in [0.5, 0.6) is 0 Å². The maximum atomic E-state index is 9.45. The van der Waals surface area contributed by atoms with E-state index in [1.165, 1.54) is 0 Å². The average molecular weight is 266 g/mol. The Hall–Kier alpha value is -1.17. The summed E-state index contributed by atoms with van der Waals surface area (Å²) in [6.07, 6.45) is 3.42. The molecule has 0 bridgehead atoms. The Bertz CT molecular complexity index is 373. The summed E-state index contributed by atoms with van der Waals surface area (Å²) < 4.78 is 5.54. The lowest BCUT2D eigenvalue weighted by molar-refractivity contribution is 0.0158. The zero-order chi connectivity index (χ0) is 13.7. The van der Waals surface area contributed by atoms with Crippen LogP contribution in [0.15, 0.2) is 18.3 Å². The molecule has 2 rings (SSSR count). The minimum atomic E-state index is -0.473. The third-order valence-corrected chi connectivity index (χ3v) is 3.46. The van der Waals surface area contributed by atoms with Crippen molar-refractivity contribution in [3.63, 3.8) is 0 Å². The van der Waals surface area contributed by atoms with E-state index < -0.39 is 6.10 Å². The first-order valence-corrected chi connectivity index (χ1v) is 6.82. The summed E-state index contributed by atoms with van der Waals surface area (Å²) >= 11 is 0. The molecule has 19 heavy (non-hydrogen) atoms. The van der Waals surface area contributed by atoms with Crippen LogP contribution in [-0.2, 0) is 4.74 Å². The minimum Gasteiger partial charge on any atom is -0.394 e. The Labute approximate surface area is 113 Å². The van der Waals surface area contributed by atoms with Crippen molar-refractivity contribution in [1.82, 2.24) is 4.98 Å². The van der Waals surface area contributed by atoms with E-state index in [1.807, 2.05) is 12.1 Å². The van der Waals surface area contributed by atoms with Gasteiger partial charge < -0.3 is 19.8 Å². The Morgan fingerprint density at radius 3 is 2.68 bits per heavy atom. The summed E-state index contributed by atoms with van der Waals surface area (Å²) in [5.41, 5.74) is 0.838. The molecule has 0 unspecified atom stereocenters. The first-order valence-electron chi connectivity index (χ1n) is 6.82. The van der Waals surface area contributed by atoms with Gasteiger partial charge in [-0.1, -0.05) is 6.07 Å². The molecule has 1 atom stereocenters. The summed E-state index contributed by atoms with van der Waals surface area (Å²) in [5.74, 6) is 0.949. The van der Waals surface area contributed by atoms with Crippen LogP contribution in [-0.4, -0.2) is 47.6 Å². The van der Waals surface area contributed by atoms with Gasteiger partial charge in [-0.2, -0.15) is 0 Å². The van der Waals surface area contributed by atoms with Crippen molar-refractivity contribution in [3.05, 3.63) is 23.9 Å². The van der Waals surface area contributed by atoms with Gasteiger partial charge in [0, 0.05) is 19.3 Å². The first kappa shape index (κ1) is 14.2. The second kappa shape index (κ2) is 6.84. The summed E-state index contributed by atoms with van der Waals surface area (Å²) in [7, 11) is 0. The number of aromatic nitrogens is 1. The zero-order valence-electron chi connectivity index (χ0n) is 11.3. The molecule has 0 aromatic carbocycles. The van der Waals surface area contributed by atoms with Gasteiger partial charge in [0.25, 0.3) is 0 Å². The van der Waals surface area contributed by atoms with E-state index in [0.717, 1.165) is 37.3 Å². The number of ether oxygens (including phenoxy) is 1. The molecule has 1 aliphatic rings. The summed E-state index contributed by atoms with van der Waals surface area (Å²) in [4.78, 5) is 6.62. The lowest BCUT2D eigenvalue weighted by atomic mass is 10.1. The van der Waals surface area contributed by atoms with Crippen LogP contribution >= 0.6 is 0 Å². The highest BCUT2D eigenvalue weighted by Crippen LogP contribution is 2.21. The third-order valence-electron chi connectivity index (χ3n) is 3.46. The number of hydrogen-bond donors (Lipinski definition) is 2. The normalized spacial score (nSPS) is 18.6. The fourth-order valence-corrected chi connectivity index (χ4v) is 2.30. The molecule has 0 saturated carbocycles. The van der Waals surface area contributed by atoms with Gasteiger partial charge in [-0.15, -0.1) is 0 Å². The van der Waals surface area contributed by atoms with E-state index in [9.17, 15) is 5.11 Å². The van der Waals surface area contributed by atoms with Gasteiger partial charge in [-0.25, -0.2) is 4.98 Å². The summed E-state index contributed by atoms with van der Waals surface area (Å²) in [6, 6.07) is 3.87. The minimum absolute atomic E-state index is 0.0859. The fourth-order valence-electron chi connectivity index (χ4n) is 2.30. The topological polar surface area (TPSA) is 65.8 Å². The second-order valence-corrected chi connectivity index (χ2v) is 4.91. The number of aliphatic hydroxyl groups is 2. The molecule has 2 N–H and O–H groups in total. The van der Waals surface area contributed by atoms with Gasteiger partial charge in [-0.3, -0.25) is 0 Å². The van der Waals surface area contributed by atoms with Gasteiger partial charge in [0.05, 0.1) is 25.4 Å². The van der Waals surface area contributed by atoms with Crippen molar-refractivity contribution in [2.75, 3.05) is 31.2 Å². The summed E-state index contributed by atoms with van der Waals surface area (Å²) in [6.45, 7) is 4.07. The number of nitrogens with zero attached hydrogens (tertiary/aromatic N) is 2. The molecule has 0 amide bonds. The predicted molar refractivity (Wildman–Crippen MR) is 73.1 cm³/mol. The van der Waals surface area contributed by atoms with Crippen LogP contribution in [0.3, 0.4) is 0 Å². The van der Waals surface area contributed by atoms with Gasteiger partial charge in [-0.05, 0) is 31.4 Å². The Morgan fingerprint density at radius 1 is 1.42 bits per heavy atom. The Morgan fingerprint density at radius 2 is 2.16 bits per heavy atom. The molecule has 5 nitrogen and oxygen atoms in total. The number of pyridine rings is 1. The molecule has 1 fully saturated rings. The standard InChI is InChI=1S/C14H22N2O3/c1-11(18)12-2-3-14(15-10-12)16-6-4-13(5-7-16)19-9-8-17/h2-3,10-11,13,17-18H,4-9H2,1H3/t11-/m1/s1. The smallest absolute Gasteiger partial charge is 0.128 e. The van der Waals surface area contributed by atoms with Gasteiger partial charge in [0.2, 0.25) is 0 Å². The largest absolute Gasteiger partial charge is 0.394 e. The van der Waals surface area contributed by atoms with E-state index in [4.69, 9.17) is 9.84 Å². The van der Waals surface area contributed by atoms with Crippen molar-refractivity contribution >= 4 is 5.82 Å². The molecule has 1 saturated heterocycles. The van der Waals surface area contributed by atoms with Gasteiger partial charge >= 0.3 is 0 Å². The highest BCUT2D eigenvalue weighted by Gasteiger charge is 2.20. The van der Waals surface area contributed by atoms with Crippen molar-refractivity contribution in [1.29, 1.82) is 0 Å². The van der Waals surface area contributed by atoms with Crippen LogP contribution < -0.4 is 4.90 Å². The third kappa shape index (κ3) is 3.89. The predicted octanol–water partition coefficient (Wildman–Crippen LogP) is 1.11. The highest BCUT2D eigenvalue weighted by atomic mass is 16.5. The summed E-state index contributed by atoms with van der Waals surface area (Å²) in [5, 5.41) is 18.2. The van der Waals surface area contributed by atoms with Crippen LogP contribution in [0.2, 0.25) is 0 Å². The number of rotatable bonds is 5. The fraction of sp³-hybridized carbons (Fsp3) is 0.643.